The predicted octanol–water partition coefficient (Wildman–Crippen LogP) is 4.11. The Hall–Kier alpha value is -2.82. The molecule has 3 aromatic rings. The predicted molar refractivity (Wildman–Crippen MR) is 93.3 cm³/mol. The van der Waals surface area contributed by atoms with Crippen molar-refractivity contribution in [2.24, 2.45) is 0 Å². The fourth-order valence-electron chi connectivity index (χ4n) is 2.52. The first-order valence-corrected chi connectivity index (χ1v) is 8.03. The lowest BCUT2D eigenvalue weighted by Gasteiger charge is -2.06. The Labute approximate surface area is 140 Å². The molecule has 0 radical (unpaired) electrons. The van der Waals surface area contributed by atoms with Crippen molar-refractivity contribution in [3.63, 3.8) is 0 Å². The lowest BCUT2D eigenvalue weighted by molar-refractivity contribution is -0.116. The summed E-state index contributed by atoms with van der Waals surface area (Å²) in [7, 11) is 0. The number of fused-ring (bicyclic) bond motifs is 1. The minimum Gasteiger partial charge on any atom is -0.494 e. The lowest BCUT2D eigenvalue weighted by Crippen LogP contribution is -2.12. The van der Waals surface area contributed by atoms with Gasteiger partial charge in [-0.2, -0.15) is 0 Å². The van der Waals surface area contributed by atoms with E-state index < -0.39 is 0 Å². The van der Waals surface area contributed by atoms with E-state index in [1.165, 1.54) is 0 Å². The smallest absolute Gasteiger partial charge is 0.224 e. The molecular formula is C19H20N2O3. The van der Waals surface area contributed by atoms with E-state index in [0.29, 0.717) is 25.3 Å². The first-order chi connectivity index (χ1) is 11.6. The molecule has 5 heteroatoms. The zero-order valence-electron chi connectivity index (χ0n) is 13.8. The second-order valence-corrected chi connectivity index (χ2v) is 5.54. The molecular weight excluding hydrogens is 304 g/mol. The van der Waals surface area contributed by atoms with Crippen LogP contribution in [0.2, 0.25) is 0 Å². The number of ether oxygens (including phenoxy) is 1. The summed E-state index contributed by atoms with van der Waals surface area (Å²) >= 11 is 0. The summed E-state index contributed by atoms with van der Waals surface area (Å²) in [6.45, 7) is 4.40. The molecule has 0 saturated carbocycles. The van der Waals surface area contributed by atoms with Crippen molar-refractivity contribution in [2.45, 2.75) is 26.7 Å². The van der Waals surface area contributed by atoms with Gasteiger partial charge in [-0.1, -0.05) is 12.1 Å². The summed E-state index contributed by atoms with van der Waals surface area (Å²) in [5.41, 5.74) is 3.31. The van der Waals surface area contributed by atoms with Gasteiger partial charge < -0.3 is 14.5 Å². The third-order valence-corrected chi connectivity index (χ3v) is 3.65. The summed E-state index contributed by atoms with van der Waals surface area (Å²) in [4.78, 5) is 16.4. The van der Waals surface area contributed by atoms with Crippen LogP contribution < -0.4 is 10.1 Å². The van der Waals surface area contributed by atoms with Crippen LogP contribution in [-0.2, 0) is 11.2 Å². The van der Waals surface area contributed by atoms with Crippen LogP contribution >= 0.6 is 0 Å². The maximum absolute atomic E-state index is 12.1. The normalized spacial score (nSPS) is 10.8. The number of oxazole rings is 1. The van der Waals surface area contributed by atoms with E-state index in [2.05, 4.69) is 10.3 Å². The molecule has 124 valence electrons. The SMILES string of the molecule is CCOc1ccc(CCC(=O)Nc2ccc3oc(C)nc3c2)cc1. The molecule has 1 heterocycles. The molecule has 0 unspecified atom stereocenters. The number of nitrogens with one attached hydrogen (secondary N) is 1. The number of aryl methyl sites for hydroxylation is 2. The number of hydrogen-bond donors (Lipinski definition) is 1. The van der Waals surface area contributed by atoms with Gasteiger partial charge >= 0.3 is 0 Å². The molecule has 1 amide bonds. The summed E-state index contributed by atoms with van der Waals surface area (Å²) in [5, 5.41) is 2.90. The maximum Gasteiger partial charge on any atom is 0.224 e. The van der Waals surface area contributed by atoms with E-state index in [1.807, 2.05) is 49.4 Å². The Kier molecular flexibility index (Phi) is 4.79. The molecule has 0 aliphatic carbocycles. The maximum atomic E-state index is 12.1. The monoisotopic (exact) mass is 324 g/mol. The van der Waals surface area contributed by atoms with Gasteiger partial charge in [-0.05, 0) is 49.2 Å². The van der Waals surface area contributed by atoms with Crippen LogP contribution in [0.4, 0.5) is 5.69 Å². The van der Waals surface area contributed by atoms with E-state index in [4.69, 9.17) is 9.15 Å². The van der Waals surface area contributed by atoms with E-state index in [9.17, 15) is 4.79 Å². The summed E-state index contributed by atoms with van der Waals surface area (Å²) in [5.74, 6) is 1.44. The molecule has 0 aliphatic heterocycles. The van der Waals surface area contributed by atoms with E-state index in [1.54, 1.807) is 6.92 Å². The Morgan fingerprint density at radius 3 is 2.75 bits per heavy atom. The second-order valence-electron chi connectivity index (χ2n) is 5.54. The van der Waals surface area contributed by atoms with Crippen LogP contribution in [0, 0.1) is 6.92 Å². The molecule has 0 fully saturated rings. The summed E-state index contributed by atoms with van der Waals surface area (Å²) in [6, 6.07) is 13.3. The molecule has 5 nitrogen and oxygen atoms in total. The molecule has 0 spiro atoms. The highest BCUT2D eigenvalue weighted by Gasteiger charge is 2.07. The molecule has 0 saturated heterocycles. The molecule has 2 aromatic carbocycles. The van der Waals surface area contributed by atoms with Crippen molar-refractivity contribution in [1.29, 1.82) is 0 Å². The van der Waals surface area contributed by atoms with Gasteiger partial charge in [0.2, 0.25) is 5.91 Å². The van der Waals surface area contributed by atoms with Crippen molar-refractivity contribution in [1.82, 2.24) is 4.98 Å². The van der Waals surface area contributed by atoms with Crippen molar-refractivity contribution < 1.29 is 13.9 Å². The average molecular weight is 324 g/mol. The van der Waals surface area contributed by atoms with Gasteiger partial charge in [0.1, 0.15) is 11.3 Å². The average Bonchev–Trinajstić information content (AvgIpc) is 2.94. The van der Waals surface area contributed by atoms with Crippen LogP contribution in [0.3, 0.4) is 0 Å². The second kappa shape index (κ2) is 7.17. The van der Waals surface area contributed by atoms with E-state index in [-0.39, 0.29) is 5.91 Å². The fourth-order valence-corrected chi connectivity index (χ4v) is 2.52. The van der Waals surface area contributed by atoms with Gasteiger partial charge in [0.25, 0.3) is 0 Å². The largest absolute Gasteiger partial charge is 0.494 e. The number of amides is 1. The van der Waals surface area contributed by atoms with Crippen LogP contribution in [0.15, 0.2) is 46.9 Å². The van der Waals surface area contributed by atoms with E-state index in [0.717, 1.165) is 28.1 Å². The fraction of sp³-hybridized carbons (Fsp3) is 0.263. The van der Waals surface area contributed by atoms with Crippen molar-refractivity contribution >= 4 is 22.7 Å². The zero-order chi connectivity index (χ0) is 16.9. The van der Waals surface area contributed by atoms with Crippen LogP contribution in [0.1, 0.15) is 24.8 Å². The first-order valence-electron chi connectivity index (χ1n) is 8.03. The van der Waals surface area contributed by atoms with Gasteiger partial charge in [-0.25, -0.2) is 4.98 Å². The molecule has 1 N–H and O–H groups in total. The first kappa shape index (κ1) is 16.1. The highest BCUT2D eigenvalue weighted by atomic mass is 16.5. The van der Waals surface area contributed by atoms with Crippen molar-refractivity contribution in [3.8, 4) is 5.75 Å². The molecule has 0 aliphatic rings. The number of aromatic nitrogens is 1. The molecule has 3 rings (SSSR count). The Balaban J connectivity index is 1.56. The number of hydrogen-bond acceptors (Lipinski definition) is 4. The van der Waals surface area contributed by atoms with E-state index >= 15 is 0 Å². The number of nitrogens with zero attached hydrogens (tertiary/aromatic N) is 1. The van der Waals surface area contributed by atoms with Crippen LogP contribution in [-0.4, -0.2) is 17.5 Å². The third kappa shape index (κ3) is 3.93. The van der Waals surface area contributed by atoms with Crippen LogP contribution in [0.25, 0.3) is 11.1 Å². The topological polar surface area (TPSA) is 64.4 Å². The highest BCUT2D eigenvalue weighted by molar-refractivity contribution is 5.92. The zero-order valence-corrected chi connectivity index (χ0v) is 13.8. The number of carbonyl (C=O) groups is 1. The summed E-state index contributed by atoms with van der Waals surface area (Å²) < 4.78 is 10.8. The minimum absolute atomic E-state index is 0.0246. The lowest BCUT2D eigenvalue weighted by atomic mass is 10.1. The third-order valence-electron chi connectivity index (χ3n) is 3.65. The van der Waals surface area contributed by atoms with Gasteiger partial charge in [-0.3, -0.25) is 4.79 Å². The Morgan fingerprint density at radius 1 is 1.21 bits per heavy atom. The molecule has 1 aromatic heterocycles. The van der Waals surface area contributed by atoms with Gasteiger partial charge in [-0.15, -0.1) is 0 Å². The Bertz CT molecular complexity index is 837. The van der Waals surface area contributed by atoms with Gasteiger partial charge in [0, 0.05) is 19.0 Å². The quantitative estimate of drug-likeness (QED) is 0.741. The van der Waals surface area contributed by atoms with Crippen molar-refractivity contribution in [3.05, 3.63) is 53.9 Å². The number of benzene rings is 2. The Morgan fingerprint density at radius 2 is 2.00 bits per heavy atom. The number of carbonyl (C=O) groups excluding carboxylic acids is 1. The standard InChI is InChI=1S/C19H20N2O3/c1-3-23-16-8-4-14(5-9-16)6-11-19(22)21-15-7-10-18-17(12-15)20-13(2)24-18/h4-5,7-10,12H,3,6,11H2,1-2H3,(H,21,22). The number of rotatable bonds is 6. The minimum atomic E-state index is -0.0246. The summed E-state index contributed by atoms with van der Waals surface area (Å²) in [6.07, 6.45) is 1.10. The molecule has 24 heavy (non-hydrogen) atoms. The van der Waals surface area contributed by atoms with Crippen LogP contribution in [0.5, 0.6) is 5.75 Å². The molecule has 0 atom stereocenters. The molecule has 0 bridgehead atoms. The van der Waals surface area contributed by atoms with Gasteiger partial charge in [0.15, 0.2) is 11.5 Å². The highest BCUT2D eigenvalue weighted by Crippen LogP contribution is 2.20. The van der Waals surface area contributed by atoms with Crippen molar-refractivity contribution in [2.75, 3.05) is 11.9 Å². The van der Waals surface area contributed by atoms with Gasteiger partial charge in [0.05, 0.1) is 6.61 Å². The number of anilines is 1.